The van der Waals surface area contributed by atoms with Crippen LogP contribution in [0.15, 0.2) is 12.3 Å². The van der Waals surface area contributed by atoms with Crippen LogP contribution in [0.2, 0.25) is 5.15 Å². The maximum absolute atomic E-state index is 12.5. The van der Waals surface area contributed by atoms with Crippen molar-refractivity contribution in [3.8, 4) is 0 Å². The molecule has 1 amide bonds. The second kappa shape index (κ2) is 6.30. The number of pyridine rings is 1. The first kappa shape index (κ1) is 16.2. The summed E-state index contributed by atoms with van der Waals surface area (Å²) in [6, 6.07) is 1.73. The highest BCUT2D eigenvalue weighted by molar-refractivity contribution is 6.32. The molecular weight excluding hydrogens is 290 g/mol. The van der Waals surface area contributed by atoms with Gasteiger partial charge < -0.3 is 14.9 Å². The maximum Gasteiger partial charge on any atom is 0.256 e. The monoisotopic (exact) mass is 311 g/mol. The molecule has 1 aromatic heterocycles. The average molecular weight is 312 g/mol. The Kier molecular flexibility index (Phi) is 4.86. The second-order valence-corrected chi connectivity index (χ2v) is 6.40. The largest absolute Gasteiger partial charge is 0.388 e. The van der Waals surface area contributed by atoms with Crippen molar-refractivity contribution < 1.29 is 9.90 Å². The summed E-state index contributed by atoms with van der Waals surface area (Å²) in [5.41, 5.74) is 0.450. The summed E-state index contributed by atoms with van der Waals surface area (Å²) in [5, 5.41) is 10.8. The summed E-state index contributed by atoms with van der Waals surface area (Å²) < 4.78 is 0. The Hall–Kier alpha value is -1.17. The number of nitrogens with zero attached hydrogens (tertiary/aromatic N) is 3. The van der Waals surface area contributed by atoms with E-state index in [1.165, 1.54) is 4.90 Å². The molecule has 1 saturated heterocycles. The predicted molar refractivity (Wildman–Crippen MR) is 82.6 cm³/mol. The van der Waals surface area contributed by atoms with Gasteiger partial charge in [0, 0.05) is 32.9 Å². The Morgan fingerprint density at radius 2 is 2.14 bits per heavy atom. The Balaban J connectivity index is 2.07. The third-order valence-corrected chi connectivity index (χ3v) is 4.30. The highest BCUT2D eigenvalue weighted by atomic mass is 35.5. The van der Waals surface area contributed by atoms with Crippen LogP contribution in [0.5, 0.6) is 0 Å². The lowest BCUT2D eigenvalue weighted by Gasteiger charge is -2.38. The molecule has 0 unspecified atom stereocenters. The van der Waals surface area contributed by atoms with Crippen LogP contribution in [-0.2, 0) is 0 Å². The minimum Gasteiger partial charge on any atom is -0.388 e. The molecule has 5 nitrogen and oxygen atoms in total. The van der Waals surface area contributed by atoms with E-state index in [0.717, 1.165) is 18.7 Å². The third-order valence-electron chi connectivity index (χ3n) is 4.00. The fourth-order valence-electron chi connectivity index (χ4n) is 2.61. The molecule has 0 radical (unpaired) electrons. The standard InChI is InChI=1S/C15H22ClN3O2/c1-11-8-12(13(16)17-9-11)14(20)19(3)10-15(21)4-6-18(2)7-5-15/h8-9,21H,4-7,10H2,1-3H3. The van der Waals surface area contributed by atoms with Crippen LogP contribution < -0.4 is 0 Å². The molecule has 0 spiro atoms. The van der Waals surface area contributed by atoms with Gasteiger partial charge in [-0.15, -0.1) is 0 Å². The van der Waals surface area contributed by atoms with E-state index in [-0.39, 0.29) is 11.1 Å². The smallest absolute Gasteiger partial charge is 0.256 e. The Morgan fingerprint density at radius 3 is 2.76 bits per heavy atom. The quantitative estimate of drug-likeness (QED) is 0.861. The zero-order valence-electron chi connectivity index (χ0n) is 12.8. The molecule has 1 aromatic rings. The number of likely N-dealkylation sites (N-methyl/N-ethyl adjacent to an activating group) is 1. The van der Waals surface area contributed by atoms with Gasteiger partial charge >= 0.3 is 0 Å². The number of piperidine rings is 1. The van der Waals surface area contributed by atoms with Crippen LogP contribution in [0.4, 0.5) is 0 Å². The number of aryl methyl sites for hydroxylation is 1. The van der Waals surface area contributed by atoms with Crippen molar-refractivity contribution in [3.63, 3.8) is 0 Å². The number of aliphatic hydroxyl groups is 1. The van der Waals surface area contributed by atoms with Gasteiger partial charge in [-0.05, 0) is 38.4 Å². The molecule has 1 aliphatic rings. The van der Waals surface area contributed by atoms with Gasteiger partial charge in [0.2, 0.25) is 0 Å². The first-order valence-corrected chi connectivity index (χ1v) is 7.47. The van der Waals surface area contributed by atoms with Crippen molar-refractivity contribution in [2.45, 2.75) is 25.4 Å². The van der Waals surface area contributed by atoms with Gasteiger partial charge in [-0.25, -0.2) is 4.98 Å². The number of aromatic nitrogens is 1. The number of halogens is 1. The molecule has 1 fully saturated rings. The van der Waals surface area contributed by atoms with Crippen LogP contribution in [-0.4, -0.2) is 65.1 Å². The number of carbonyl (C=O) groups excluding carboxylic acids is 1. The van der Waals surface area contributed by atoms with Crippen molar-refractivity contribution in [1.29, 1.82) is 0 Å². The van der Waals surface area contributed by atoms with E-state index in [4.69, 9.17) is 11.6 Å². The Labute approximate surface area is 130 Å². The highest BCUT2D eigenvalue weighted by Crippen LogP contribution is 2.24. The molecule has 1 aliphatic heterocycles. The highest BCUT2D eigenvalue weighted by Gasteiger charge is 2.34. The SMILES string of the molecule is Cc1cnc(Cl)c(C(=O)N(C)CC2(O)CCN(C)CC2)c1. The molecule has 0 aromatic carbocycles. The minimum atomic E-state index is -0.819. The summed E-state index contributed by atoms with van der Waals surface area (Å²) in [6.07, 6.45) is 2.96. The fourth-order valence-corrected chi connectivity index (χ4v) is 2.80. The third kappa shape index (κ3) is 3.93. The molecule has 1 N–H and O–H groups in total. The zero-order chi connectivity index (χ0) is 15.6. The molecule has 0 aliphatic carbocycles. The first-order chi connectivity index (χ1) is 9.81. The summed E-state index contributed by atoms with van der Waals surface area (Å²) >= 11 is 6.00. The van der Waals surface area contributed by atoms with Crippen LogP contribution in [0.25, 0.3) is 0 Å². The van der Waals surface area contributed by atoms with E-state index in [2.05, 4.69) is 9.88 Å². The van der Waals surface area contributed by atoms with E-state index < -0.39 is 5.60 Å². The van der Waals surface area contributed by atoms with E-state index in [0.29, 0.717) is 24.9 Å². The molecule has 0 saturated carbocycles. The fraction of sp³-hybridized carbons (Fsp3) is 0.600. The van der Waals surface area contributed by atoms with Gasteiger partial charge in [0.15, 0.2) is 0 Å². The summed E-state index contributed by atoms with van der Waals surface area (Å²) in [5.74, 6) is -0.205. The molecule has 6 heteroatoms. The lowest BCUT2D eigenvalue weighted by atomic mass is 9.91. The lowest BCUT2D eigenvalue weighted by Crippen LogP contribution is -2.50. The minimum absolute atomic E-state index is 0.202. The van der Waals surface area contributed by atoms with Gasteiger partial charge in [0.1, 0.15) is 5.15 Å². The topological polar surface area (TPSA) is 56.7 Å². The number of rotatable bonds is 3. The van der Waals surface area contributed by atoms with Crippen LogP contribution in [0.3, 0.4) is 0 Å². The van der Waals surface area contributed by atoms with Gasteiger partial charge in [-0.3, -0.25) is 4.79 Å². The summed E-state index contributed by atoms with van der Waals surface area (Å²) in [7, 11) is 3.73. The van der Waals surface area contributed by atoms with E-state index in [9.17, 15) is 9.90 Å². The molecule has 116 valence electrons. The van der Waals surface area contributed by atoms with Crippen LogP contribution in [0, 0.1) is 6.92 Å². The number of likely N-dealkylation sites (tertiary alicyclic amines) is 1. The van der Waals surface area contributed by atoms with Gasteiger partial charge in [-0.1, -0.05) is 11.6 Å². The maximum atomic E-state index is 12.5. The van der Waals surface area contributed by atoms with Crippen molar-refractivity contribution in [2.24, 2.45) is 0 Å². The van der Waals surface area contributed by atoms with Gasteiger partial charge in [0.25, 0.3) is 5.91 Å². The lowest BCUT2D eigenvalue weighted by molar-refractivity contribution is -0.0330. The molecule has 2 heterocycles. The molecule has 21 heavy (non-hydrogen) atoms. The van der Waals surface area contributed by atoms with E-state index >= 15 is 0 Å². The van der Waals surface area contributed by atoms with Crippen molar-refractivity contribution in [1.82, 2.24) is 14.8 Å². The molecule has 0 atom stereocenters. The number of hydrogen-bond donors (Lipinski definition) is 1. The van der Waals surface area contributed by atoms with Gasteiger partial charge in [0.05, 0.1) is 11.2 Å². The molecule has 0 bridgehead atoms. The van der Waals surface area contributed by atoms with Crippen molar-refractivity contribution >= 4 is 17.5 Å². The summed E-state index contributed by atoms with van der Waals surface area (Å²) in [6.45, 7) is 3.85. The first-order valence-electron chi connectivity index (χ1n) is 7.09. The Morgan fingerprint density at radius 1 is 1.52 bits per heavy atom. The molecular formula is C15H22ClN3O2. The normalized spacial score (nSPS) is 18.5. The number of carbonyl (C=O) groups is 1. The number of amides is 1. The molecule has 2 rings (SSSR count). The van der Waals surface area contributed by atoms with Gasteiger partial charge in [-0.2, -0.15) is 0 Å². The predicted octanol–water partition coefficient (Wildman–Crippen LogP) is 1.57. The van der Waals surface area contributed by atoms with Crippen LogP contribution >= 0.6 is 11.6 Å². The zero-order valence-corrected chi connectivity index (χ0v) is 13.5. The van der Waals surface area contributed by atoms with Crippen LogP contribution in [0.1, 0.15) is 28.8 Å². The average Bonchev–Trinajstić information content (AvgIpc) is 2.44. The Bertz CT molecular complexity index is 528. The van der Waals surface area contributed by atoms with Crippen molar-refractivity contribution in [2.75, 3.05) is 33.7 Å². The van der Waals surface area contributed by atoms with E-state index in [1.807, 2.05) is 14.0 Å². The number of hydrogen-bond acceptors (Lipinski definition) is 4. The van der Waals surface area contributed by atoms with Crippen molar-refractivity contribution in [3.05, 3.63) is 28.5 Å². The summed E-state index contributed by atoms with van der Waals surface area (Å²) in [4.78, 5) is 20.2. The second-order valence-electron chi connectivity index (χ2n) is 6.04. The van der Waals surface area contributed by atoms with E-state index in [1.54, 1.807) is 19.3 Å².